The highest BCUT2D eigenvalue weighted by atomic mass is 16.7. The van der Waals surface area contributed by atoms with E-state index in [9.17, 15) is 4.91 Å². The highest BCUT2D eigenvalue weighted by Gasteiger charge is 2.15. The van der Waals surface area contributed by atoms with E-state index in [1.165, 1.54) is 0 Å². The summed E-state index contributed by atoms with van der Waals surface area (Å²) in [7, 11) is 0. The van der Waals surface area contributed by atoms with Crippen LogP contribution in [0, 0.1) is 4.91 Å². The van der Waals surface area contributed by atoms with Gasteiger partial charge in [-0.3, -0.25) is 0 Å². The second-order valence-electron chi connectivity index (χ2n) is 2.28. The molecule has 0 N–H and O–H groups in total. The summed E-state index contributed by atoms with van der Waals surface area (Å²) in [4.78, 5) is 14.0. The van der Waals surface area contributed by atoms with Crippen LogP contribution in [0.15, 0.2) is 5.34 Å². The van der Waals surface area contributed by atoms with Crippen molar-refractivity contribution in [2.75, 3.05) is 0 Å². The average Bonchev–Trinajstić information content (AvgIpc) is 1.67. The van der Waals surface area contributed by atoms with Crippen LogP contribution in [0.2, 0.25) is 0 Å². The third-order valence-corrected chi connectivity index (χ3v) is 1.14. The summed E-state index contributed by atoms with van der Waals surface area (Å²) < 4.78 is 0. The van der Waals surface area contributed by atoms with Crippen LogP contribution in [0.25, 0.3) is 0 Å². The van der Waals surface area contributed by atoms with Gasteiger partial charge in [-0.15, -0.1) is 4.91 Å². The Kier molecular flexibility index (Phi) is 2.45. The zero-order valence-electron chi connectivity index (χ0n) is 5.47. The molecule has 3 heteroatoms. The molecule has 0 aliphatic rings. The van der Waals surface area contributed by atoms with Crippen molar-refractivity contribution in [2.24, 2.45) is 5.34 Å². The van der Waals surface area contributed by atoms with E-state index in [2.05, 4.69) is 10.2 Å². The molecule has 0 spiro atoms. The van der Waals surface area contributed by atoms with Crippen LogP contribution in [0.1, 0.15) is 27.2 Å². The van der Waals surface area contributed by atoms with Gasteiger partial charge in [0.2, 0.25) is 0 Å². The molecule has 0 aromatic rings. The quantitative estimate of drug-likeness (QED) is 0.418. The minimum atomic E-state index is -0.387. The minimum Gasteiger partial charge on any atom is -0.358 e. The van der Waals surface area contributed by atoms with Crippen molar-refractivity contribution < 1.29 is 4.84 Å². The smallest absolute Gasteiger partial charge is 0.155 e. The van der Waals surface area contributed by atoms with E-state index in [4.69, 9.17) is 0 Å². The Morgan fingerprint density at radius 2 is 2.12 bits per heavy atom. The largest absolute Gasteiger partial charge is 0.358 e. The third kappa shape index (κ3) is 2.55. The Hall–Kier alpha value is -0.600. The fourth-order valence-corrected chi connectivity index (χ4v) is 0.165. The highest BCUT2D eigenvalue weighted by Crippen LogP contribution is 2.12. The van der Waals surface area contributed by atoms with Crippen LogP contribution in [-0.4, -0.2) is 5.60 Å². The van der Waals surface area contributed by atoms with E-state index < -0.39 is 0 Å². The van der Waals surface area contributed by atoms with Gasteiger partial charge in [-0.2, -0.15) is 0 Å². The van der Waals surface area contributed by atoms with Crippen LogP contribution in [0.3, 0.4) is 0 Å². The predicted molar refractivity (Wildman–Crippen MR) is 31.2 cm³/mol. The molecule has 0 aliphatic carbocycles. The summed E-state index contributed by atoms with van der Waals surface area (Å²) in [6.07, 6.45) is 0.790. The normalized spacial score (nSPS) is 10.9. The van der Waals surface area contributed by atoms with Gasteiger partial charge in [0.25, 0.3) is 0 Å². The SMILES string of the molecule is CCC(C)(C)ON=O. The summed E-state index contributed by atoms with van der Waals surface area (Å²) in [5.74, 6) is 0. The Bertz CT molecular complexity index is 80.5. The summed E-state index contributed by atoms with van der Waals surface area (Å²) in [5, 5.41) is 2.33. The summed E-state index contributed by atoms with van der Waals surface area (Å²) in [6, 6.07) is 0. The van der Waals surface area contributed by atoms with Crippen molar-refractivity contribution >= 4 is 0 Å². The maximum absolute atomic E-state index is 9.51. The van der Waals surface area contributed by atoms with Gasteiger partial charge < -0.3 is 4.84 Å². The van der Waals surface area contributed by atoms with Crippen LogP contribution < -0.4 is 0 Å². The van der Waals surface area contributed by atoms with Gasteiger partial charge in [-0.05, 0) is 20.3 Å². The lowest BCUT2D eigenvalue weighted by molar-refractivity contribution is -0.0198. The number of hydrogen-bond acceptors (Lipinski definition) is 3. The Labute approximate surface area is 49.0 Å². The van der Waals surface area contributed by atoms with Crippen LogP contribution >= 0.6 is 0 Å². The molecule has 0 saturated carbocycles. The molecule has 0 amide bonds. The molecule has 0 heterocycles. The number of rotatable bonds is 3. The average molecular weight is 117 g/mol. The Morgan fingerprint density at radius 1 is 1.62 bits per heavy atom. The molecule has 3 nitrogen and oxygen atoms in total. The standard InChI is InChI=1S/C5H11NO2/c1-4-5(2,3)8-6-7/h4H2,1-3H3. The minimum absolute atomic E-state index is 0.387. The summed E-state index contributed by atoms with van der Waals surface area (Å²) >= 11 is 0. The van der Waals surface area contributed by atoms with Gasteiger partial charge >= 0.3 is 0 Å². The molecule has 0 saturated heterocycles. The van der Waals surface area contributed by atoms with Gasteiger partial charge in [0, 0.05) is 0 Å². The molecule has 0 unspecified atom stereocenters. The Balaban J connectivity index is 3.53. The molecule has 48 valence electrons. The predicted octanol–water partition coefficient (Wildman–Crippen LogP) is 1.87. The number of nitrogens with zero attached hydrogens (tertiary/aromatic N) is 1. The van der Waals surface area contributed by atoms with E-state index in [0.717, 1.165) is 6.42 Å². The first-order chi connectivity index (χ1) is 3.62. The van der Waals surface area contributed by atoms with Crippen LogP contribution in [-0.2, 0) is 4.84 Å². The second-order valence-corrected chi connectivity index (χ2v) is 2.28. The second kappa shape index (κ2) is 2.64. The molecule has 0 aromatic heterocycles. The van der Waals surface area contributed by atoms with E-state index >= 15 is 0 Å². The maximum Gasteiger partial charge on any atom is 0.155 e. The first-order valence-corrected chi connectivity index (χ1v) is 2.63. The van der Waals surface area contributed by atoms with Crippen LogP contribution in [0.4, 0.5) is 0 Å². The molecule has 0 fully saturated rings. The van der Waals surface area contributed by atoms with Gasteiger partial charge in [0.1, 0.15) is 5.60 Å². The van der Waals surface area contributed by atoms with Crippen molar-refractivity contribution in [2.45, 2.75) is 32.8 Å². The van der Waals surface area contributed by atoms with Crippen molar-refractivity contribution in [1.29, 1.82) is 0 Å². The van der Waals surface area contributed by atoms with Crippen molar-refractivity contribution in [1.82, 2.24) is 0 Å². The molecule has 0 rings (SSSR count). The molecule has 0 atom stereocenters. The Morgan fingerprint density at radius 3 is 2.25 bits per heavy atom. The van der Waals surface area contributed by atoms with E-state index in [-0.39, 0.29) is 5.60 Å². The third-order valence-electron chi connectivity index (χ3n) is 1.14. The van der Waals surface area contributed by atoms with Crippen molar-refractivity contribution in [3.8, 4) is 0 Å². The van der Waals surface area contributed by atoms with Gasteiger partial charge in [0.15, 0.2) is 5.34 Å². The summed E-state index contributed by atoms with van der Waals surface area (Å²) in [6.45, 7) is 5.56. The number of hydrogen-bond donors (Lipinski definition) is 0. The van der Waals surface area contributed by atoms with Crippen LogP contribution in [0.5, 0.6) is 0 Å². The molecular weight excluding hydrogens is 106 g/mol. The molecular formula is C5H11NO2. The fourth-order valence-electron chi connectivity index (χ4n) is 0.165. The lowest BCUT2D eigenvalue weighted by Gasteiger charge is -2.16. The monoisotopic (exact) mass is 117 g/mol. The molecule has 8 heavy (non-hydrogen) atoms. The maximum atomic E-state index is 9.51. The van der Waals surface area contributed by atoms with Gasteiger partial charge in [0.05, 0.1) is 0 Å². The lowest BCUT2D eigenvalue weighted by Crippen LogP contribution is -2.19. The highest BCUT2D eigenvalue weighted by molar-refractivity contribution is 4.62. The first kappa shape index (κ1) is 7.40. The topological polar surface area (TPSA) is 38.7 Å². The van der Waals surface area contributed by atoms with E-state index in [1.54, 1.807) is 0 Å². The molecule has 0 bridgehead atoms. The molecule has 0 radical (unpaired) electrons. The zero-order valence-corrected chi connectivity index (χ0v) is 5.47. The molecule has 0 aliphatic heterocycles. The van der Waals surface area contributed by atoms with E-state index in [0.29, 0.717) is 0 Å². The first-order valence-electron chi connectivity index (χ1n) is 2.63. The molecule has 0 aromatic carbocycles. The van der Waals surface area contributed by atoms with Crippen molar-refractivity contribution in [3.63, 3.8) is 0 Å². The van der Waals surface area contributed by atoms with Gasteiger partial charge in [-0.1, -0.05) is 6.92 Å². The zero-order chi connectivity index (χ0) is 6.62. The lowest BCUT2D eigenvalue weighted by atomic mass is 10.1. The van der Waals surface area contributed by atoms with Crippen molar-refractivity contribution in [3.05, 3.63) is 4.91 Å². The van der Waals surface area contributed by atoms with Gasteiger partial charge in [-0.25, -0.2) is 0 Å². The van der Waals surface area contributed by atoms with E-state index in [1.807, 2.05) is 20.8 Å². The summed E-state index contributed by atoms with van der Waals surface area (Å²) in [5.41, 5.74) is -0.387. The fraction of sp³-hybridized carbons (Fsp3) is 1.00.